The molecule has 2 rings (SSSR count). The van der Waals surface area contributed by atoms with Crippen LogP contribution in [0.3, 0.4) is 0 Å². The molecular formula is C15H18F2N4. The van der Waals surface area contributed by atoms with Gasteiger partial charge in [0.2, 0.25) is 0 Å². The molecule has 0 atom stereocenters. The molecule has 0 saturated heterocycles. The Hall–Kier alpha value is -2.24. The van der Waals surface area contributed by atoms with E-state index in [0.29, 0.717) is 23.0 Å². The molecule has 0 spiro atoms. The Labute approximate surface area is 122 Å². The van der Waals surface area contributed by atoms with Crippen LogP contribution in [0, 0.1) is 11.6 Å². The third kappa shape index (κ3) is 3.87. The van der Waals surface area contributed by atoms with E-state index in [-0.39, 0.29) is 12.5 Å². The van der Waals surface area contributed by atoms with E-state index < -0.39 is 11.6 Å². The van der Waals surface area contributed by atoms with Crippen LogP contribution in [0.4, 0.5) is 20.4 Å². The van der Waals surface area contributed by atoms with Crippen LogP contribution in [-0.2, 0) is 6.54 Å². The summed E-state index contributed by atoms with van der Waals surface area (Å²) in [4.78, 5) is 8.73. The standard InChI is InChI=1S/C15H18F2N4/c1-9(2)15-20-13(18-3)7-14(21-15)19-8-10-4-5-11(16)6-12(10)17/h4-7,9H,8H2,1-3H3,(H2,18,19,20,21). The van der Waals surface area contributed by atoms with Crippen LogP contribution < -0.4 is 10.6 Å². The summed E-state index contributed by atoms with van der Waals surface area (Å²) < 4.78 is 26.4. The molecule has 4 nitrogen and oxygen atoms in total. The van der Waals surface area contributed by atoms with Crippen LogP contribution in [0.2, 0.25) is 0 Å². The van der Waals surface area contributed by atoms with Crippen LogP contribution in [0.15, 0.2) is 24.3 Å². The SMILES string of the molecule is CNc1cc(NCc2ccc(F)cc2F)nc(C(C)C)n1. The van der Waals surface area contributed by atoms with E-state index in [0.717, 1.165) is 6.07 Å². The Kier molecular flexibility index (Phi) is 4.67. The maximum Gasteiger partial charge on any atom is 0.135 e. The summed E-state index contributed by atoms with van der Waals surface area (Å²) in [5, 5.41) is 6.00. The van der Waals surface area contributed by atoms with E-state index in [4.69, 9.17) is 0 Å². The van der Waals surface area contributed by atoms with Crippen LogP contribution in [0.25, 0.3) is 0 Å². The zero-order valence-corrected chi connectivity index (χ0v) is 12.2. The molecule has 0 saturated carbocycles. The van der Waals surface area contributed by atoms with Gasteiger partial charge in [0.25, 0.3) is 0 Å². The van der Waals surface area contributed by atoms with E-state index in [9.17, 15) is 8.78 Å². The highest BCUT2D eigenvalue weighted by Gasteiger charge is 2.08. The average molecular weight is 292 g/mol. The van der Waals surface area contributed by atoms with Crippen LogP contribution >= 0.6 is 0 Å². The van der Waals surface area contributed by atoms with Gasteiger partial charge in [-0.3, -0.25) is 0 Å². The van der Waals surface area contributed by atoms with Crippen LogP contribution in [-0.4, -0.2) is 17.0 Å². The van der Waals surface area contributed by atoms with Gasteiger partial charge < -0.3 is 10.6 Å². The van der Waals surface area contributed by atoms with Gasteiger partial charge in [0.05, 0.1) is 0 Å². The minimum Gasteiger partial charge on any atom is -0.373 e. The molecule has 2 aromatic rings. The molecule has 21 heavy (non-hydrogen) atoms. The number of rotatable bonds is 5. The van der Waals surface area contributed by atoms with Crippen molar-refractivity contribution in [2.45, 2.75) is 26.3 Å². The Morgan fingerprint density at radius 1 is 1.10 bits per heavy atom. The second-order valence-corrected chi connectivity index (χ2v) is 4.99. The third-order valence-corrected chi connectivity index (χ3v) is 2.99. The van der Waals surface area contributed by atoms with Gasteiger partial charge >= 0.3 is 0 Å². The molecule has 0 bridgehead atoms. The van der Waals surface area contributed by atoms with Crippen molar-refractivity contribution in [3.05, 3.63) is 47.3 Å². The molecule has 0 unspecified atom stereocenters. The van der Waals surface area contributed by atoms with Crippen LogP contribution in [0.5, 0.6) is 0 Å². The van der Waals surface area contributed by atoms with Crippen molar-refractivity contribution in [2.24, 2.45) is 0 Å². The summed E-state index contributed by atoms with van der Waals surface area (Å²) >= 11 is 0. The number of nitrogens with zero attached hydrogens (tertiary/aromatic N) is 2. The van der Waals surface area contributed by atoms with E-state index in [1.807, 2.05) is 13.8 Å². The molecule has 0 fully saturated rings. The first-order chi connectivity index (χ1) is 9.99. The fourth-order valence-corrected chi connectivity index (χ4v) is 1.79. The molecule has 0 aliphatic carbocycles. The van der Waals surface area contributed by atoms with E-state index >= 15 is 0 Å². The minimum atomic E-state index is -0.585. The van der Waals surface area contributed by atoms with Gasteiger partial charge in [-0.25, -0.2) is 18.7 Å². The first-order valence-electron chi connectivity index (χ1n) is 6.74. The predicted molar refractivity (Wildman–Crippen MR) is 79.4 cm³/mol. The molecule has 0 radical (unpaired) electrons. The molecule has 1 aromatic heterocycles. The topological polar surface area (TPSA) is 49.8 Å². The van der Waals surface area contributed by atoms with Crippen molar-refractivity contribution in [3.8, 4) is 0 Å². The summed E-state index contributed by atoms with van der Waals surface area (Å²) in [7, 11) is 1.77. The van der Waals surface area contributed by atoms with Gasteiger partial charge in [-0.05, 0) is 6.07 Å². The zero-order chi connectivity index (χ0) is 15.4. The first kappa shape index (κ1) is 15.2. The molecule has 6 heteroatoms. The fourth-order valence-electron chi connectivity index (χ4n) is 1.79. The normalized spacial score (nSPS) is 10.8. The number of anilines is 2. The summed E-state index contributed by atoms with van der Waals surface area (Å²) in [5.41, 5.74) is 0.382. The fraction of sp³-hybridized carbons (Fsp3) is 0.333. The van der Waals surface area contributed by atoms with Gasteiger partial charge in [0, 0.05) is 37.2 Å². The van der Waals surface area contributed by atoms with Gasteiger partial charge in [0.1, 0.15) is 29.1 Å². The highest BCUT2D eigenvalue weighted by Crippen LogP contribution is 2.18. The lowest BCUT2D eigenvalue weighted by Crippen LogP contribution is -2.08. The first-order valence-corrected chi connectivity index (χ1v) is 6.74. The number of hydrogen-bond acceptors (Lipinski definition) is 4. The average Bonchev–Trinajstić information content (AvgIpc) is 2.46. The lowest BCUT2D eigenvalue weighted by atomic mass is 10.2. The Morgan fingerprint density at radius 2 is 1.81 bits per heavy atom. The molecule has 0 amide bonds. The van der Waals surface area contributed by atoms with E-state index in [1.54, 1.807) is 13.1 Å². The van der Waals surface area contributed by atoms with Crippen molar-refractivity contribution < 1.29 is 8.78 Å². The molecule has 1 aromatic carbocycles. The third-order valence-electron chi connectivity index (χ3n) is 2.99. The molecule has 112 valence electrons. The molecule has 0 aliphatic heterocycles. The van der Waals surface area contributed by atoms with Crippen LogP contribution in [0.1, 0.15) is 31.2 Å². The Morgan fingerprint density at radius 3 is 2.43 bits per heavy atom. The predicted octanol–water partition coefficient (Wildman–Crippen LogP) is 3.53. The van der Waals surface area contributed by atoms with Gasteiger partial charge in [0.15, 0.2) is 0 Å². The highest BCUT2D eigenvalue weighted by atomic mass is 19.1. The number of nitrogens with one attached hydrogen (secondary N) is 2. The van der Waals surface area contributed by atoms with Crippen molar-refractivity contribution in [1.29, 1.82) is 0 Å². The second-order valence-electron chi connectivity index (χ2n) is 4.99. The molecular weight excluding hydrogens is 274 g/mol. The zero-order valence-electron chi connectivity index (χ0n) is 12.2. The quantitative estimate of drug-likeness (QED) is 0.885. The molecule has 1 heterocycles. The van der Waals surface area contributed by atoms with E-state index in [1.165, 1.54) is 12.1 Å². The Bertz CT molecular complexity index is 629. The lowest BCUT2D eigenvalue weighted by Gasteiger charge is -2.12. The number of benzene rings is 1. The second kappa shape index (κ2) is 6.47. The number of hydrogen-bond donors (Lipinski definition) is 2. The summed E-state index contributed by atoms with van der Waals surface area (Å²) in [6, 6.07) is 5.27. The number of aromatic nitrogens is 2. The number of halogens is 2. The minimum absolute atomic E-state index is 0.182. The molecule has 0 aliphatic rings. The van der Waals surface area contributed by atoms with Gasteiger partial charge in [-0.1, -0.05) is 19.9 Å². The van der Waals surface area contributed by atoms with Gasteiger partial charge in [-0.2, -0.15) is 0 Å². The van der Waals surface area contributed by atoms with Crippen molar-refractivity contribution in [1.82, 2.24) is 9.97 Å². The largest absolute Gasteiger partial charge is 0.373 e. The van der Waals surface area contributed by atoms with Crippen molar-refractivity contribution in [3.63, 3.8) is 0 Å². The monoisotopic (exact) mass is 292 g/mol. The smallest absolute Gasteiger partial charge is 0.135 e. The van der Waals surface area contributed by atoms with E-state index in [2.05, 4.69) is 20.6 Å². The maximum atomic E-state index is 13.6. The highest BCUT2D eigenvalue weighted by molar-refractivity contribution is 5.47. The lowest BCUT2D eigenvalue weighted by molar-refractivity contribution is 0.574. The summed E-state index contributed by atoms with van der Waals surface area (Å²) in [6.45, 7) is 4.22. The summed E-state index contributed by atoms with van der Waals surface area (Å²) in [6.07, 6.45) is 0. The van der Waals surface area contributed by atoms with Gasteiger partial charge in [-0.15, -0.1) is 0 Å². The Balaban J connectivity index is 2.17. The van der Waals surface area contributed by atoms with Crippen molar-refractivity contribution >= 4 is 11.6 Å². The van der Waals surface area contributed by atoms with Crippen molar-refractivity contribution in [2.75, 3.05) is 17.7 Å². The summed E-state index contributed by atoms with van der Waals surface area (Å²) in [5.74, 6) is 1.01. The molecule has 2 N–H and O–H groups in total. The maximum absolute atomic E-state index is 13.6.